The second kappa shape index (κ2) is 4.05. The lowest BCUT2D eigenvalue weighted by Gasteiger charge is -2.40. The highest BCUT2D eigenvalue weighted by Gasteiger charge is 2.41. The van der Waals surface area contributed by atoms with Gasteiger partial charge in [-0.15, -0.1) is 0 Å². The first-order valence-corrected chi connectivity index (χ1v) is 7.72. The van der Waals surface area contributed by atoms with Crippen LogP contribution >= 0.6 is 0 Å². The first-order chi connectivity index (χ1) is 8.57. The molecule has 0 aliphatic carbocycles. The Kier molecular flexibility index (Phi) is 2.73. The molecule has 2 aliphatic rings. The number of ether oxygens (including phenoxy) is 2. The summed E-state index contributed by atoms with van der Waals surface area (Å²) in [5, 5.41) is 0. The second-order valence-electron chi connectivity index (χ2n) is 4.94. The summed E-state index contributed by atoms with van der Waals surface area (Å²) < 4.78 is 34.6. The van der Waals surface area contributed by atoms with E-state index in [1.807, 2.05) is 12.1 Å². The van der Waals surface area contributed by atoms with Gasteiger partial charge in [0, 0.05) is 7.11 Å². The summed E-state index contributed by atoms with van der Waals surface area (Å²) in [7, 11) is -1.41. The number of hydrogen-bond acceptors (Lipinski definition) is 4. The molecule has 0 radical (unpaired) electrons. The SMILES string of the molecule is COC1(c2ccc3c(c2)CCCS3(=O)=O)COC1. The van der Waals surface area contributed by atoms with E-state index in [0.717, 1.165) is 17.5 Å². The van der Waals surface area contributed by atoms with Gasteiger partial charge >= 0.3 is 0 Å². The van der Waals surface area contributed by atoms with Gasteiger partial charge in [0.05, 0.1) is 23.9 Å². The van der Waals surface area contributed by atoms with E-state index < -0.39 is 9.84 Å². The van der Waals surface area contributed by atoms with Gasteiger partial charge in [-0.3, -0.25) is 0 Å². The second-order valence-corrected chi connectivity index (χ2v) is 7.01. The number of benzene rings is 1. The molecule has 1 saturated heterocycles. The molecule has 3 rings (SSSR count). The molecule has 0 spiro atoms. The fourth-order valence-corrected chi connectivity index (χ4v) is 4.19. The Labute approximate surface area is 107 Å². The van der Waals surface area contributed by atoms with Gasteiger partial charge in [0.15, 0.2) is 9.84 Å². The number of hydrogen-bond donors (Lipinski definition) is 0. The molecule has 1 fully saturated rings. The van der Waals surface area contributed by atoms with E-state index in [1.165, 1.54) is 0 Å². The highest BCUT2D eigenvalue weighted by Crippen LogP contribution is 2.36. The van der Waals surface area contributed by atoms with E-state index in [2.05, 4.69) is 0 Å². The van der Waals surface area contributed by atoms with Crippen LogP contribution in [0.2, 0.25) is 0 Å². The minimum Gasteiger partial charge on any atom is -0.375 e. The van der Waals surface area contributed by atoms with Crippen LogP contribution in [0.1, 0.15) is 17.5 Å². The van der Waals surface area contributed by atoms with Crippen molar-refractivity contribution >= 4 is 9.84 Å². The summed E-state index contributed by atoms with van der Waals surface area (Å²) in [6.07, 6.45) is 1.53. The predicted molar refractivity (Wildman–Crippen MR) is 66.3 cm³/mol. The third-order valence-electron chi connectivity index (χ3n) is 3.84. The quantitative estimate of drug-likeness (QED) is 0.810. The molecule has 2 aliphatic heterocycles. The number of fused-ring (bicyclic) bond motifs is 1. The van der Waals surface area contributed by atoms with Gasteiger partial charge in [0.1, 0.15) is 5.60 Å². The number of sulfone groups is 1. The normalized spacial score (nSPS) is 24.1. The van der Waals surface area contributed by atoms with Crippen LogP contribution < -0.4 is 0 Å². The van der Waals surface area contributed by atoms with Gasteiger partial charge in [-0.2, -0.15) is 0 Å². The molecule has 0 aromatic heterocycles. The van der Waals surface area contributed by atoms with Gasteiger partial charge in [-0.05, 0) is 30.0 Å². The zero-order valence-corrected chi connectivity index (χ0v) is 11.1. The van der Waals surface area contributed by atoms with Gasteiger partial charge < -0.3 is 9.47 Å². The highest BCUT2D eigenvalue weighted by molar-refractivity contribution is 7.91. The van der Waals surface area contributed by atoms with E-state index in [4.69, 9.17) is 9.47 Å². The Morgan fingerprint density at radius 3 is 2.72 bits per heavy atom. The van der Waals surface area contributed by atoms with E-state index in [9.17, 15) is 8.42 Å². The summed E-state index contributed by atoms with van der Waals surface area (Å²) in [6.45, 7) is 1.07. The lowest BCUT2D eigenvalue weighted by atomic mass is 9.90. The summed E-state index contributed by atoms with van der Waals surface area (Å²) in [5.74, 6) is 0.262. The van der Waals surface area contributed by atoms with Crippen molar-refractivity contribution in [2.45, 2.75) is 23.3 Å². The molecule has 1 aromatic carbocycles. The highest BCUT2D eigenvalue weighted by atomic mass is 32.2. The average molecular weight is 268 g/mol. The molecule has 0 atom stereocenters. The fourth-order valence-electron chi connectivity index (χ4n) is 2.61. The van der Waals surface area contributed by atoms with Gasteiger partial charge in [0.2, 0.25) is 0 Å². The van der Waals surface area contributed by atoms with Crippen LogP contribution in [0.25, 0.3) is 0 Å². The van der Waals surface area contributed by atoms with Gasteiger partial charge in [0.25, 0.3) is 0 Å². The molecule has 0 unspecified atom stereocenters. The van der Waals surface area contributed by atoms with Crippen LogP contribution in [0, 0.1) is 0 Å². The molecular formula is C13H16O4S. The van der Waals surface area contributed by atoms with Crippen molar-refractivity contribution in [1.29, 1.82) is 0 Å². The Morgan fingerprint density at radius 1 is 1.33 bits per heavy atom. The average Bonchev–Trinajstić information content (AvgIpc) is 2.27. The number of methoxy groups -OCH3 is 1. The maximum atomic E-state index is 11.9. The van der Waals surface area contributed by atoms with Crippen molar-refractivity contribution < 1.29 is 17.9 Å². The Bertz CT molecular complexity index is 567. The summed E-state index contributed by atoms with van der Waals surface area (Å²) in [4.78, 5) is 0.490. The number of aryl methyl sites for hydroxylation is 1. The fraction of sp³-hybridized carbons (Fsp3) is 0.538. The largest absolute Gasteiger partial charge is 0.375 e. The summed E-state index contributed by atoms with van der Waals surface area (Å²) in [5.41, 5.74) is 1.56. The van der Waals surface area contributed by atoms with Crippen LogP contribution in [-0.2, 0) is 31.3 Å². The lowest BCUT2D eigenvalue weighted by molar-refractivity contribution is -0.202. The minimum absolute atomic E-state index is 0.262. The van der Waals surface area contributed by atoms with Crippen LogP contribution in [0.4, 0.5) is 0 Å². The topological polar surface area (TPSA) is 52.6 Å². The van der Waals surface area contributed by atoms with E-state index in [1.54, 1.807) is 13.2 Å². The van der Waals surface area contributed by atoms with Crippen molar-refractivity contribution in [1.82, 2.24) is 0 Å². The Morgan fingerprint density at radius 2 is 2.11 bits per heavy atom. The molecule has 18 heavy (non-hydrogen) atoms. The van der Waals surface area contributed by atoms with E-state index in [0.29, 0.717) is 24.5 Å². The molecule has 4 nitrogen and oxygen atoms in total. The third kappa shape index (κ3) is 1.69. The van der Waals surface area contributed by atoms with E-state index in [-0.39, 0.29) is 11.4 Å². The molecule has 2 heterocycles. The molecule has 5 heteroatoms. The minimum atomic E-state index is -3.07. The maximum absolute atomic E-state index is 11.9. The Hall–Kier alpha value is -0.910. The third-order valence-corrected chi connectivity index (χ3v) is 5.74. The summed E-state index contributed by atoms with van der Waals surface area (Å²) >= 11 is 0. The van der Waals surface area contributed by atoms with Crippen LogP contribution in [0.3, 0.4) is 0 Å². The van der Waals surface area contributed by atoms with Gasteiger partial charge in [-0.25, -0.2) is 8.42 Å². The Balaban J connectivity index is 2.07. The zero-order valence-electron chi connectivity index (χ0n) is 10.3. The van der Waals surface area contributed by atoms with Gasteiger partial charge in [-0.1, -0.05) is 12.1 Å². The van der Waals surface area contributed by atoms with Crippen molar-refractivity contribution in [3.8, 4) is 0 Å². The zero-order chi connectivity index (χ0) is 12.8. The van der Waals surface area contributed by atoms with E-state index >= 15 is 0 Å². The monoisotopic (exact) mass is 268 g/mol. The molecule has 0 amide bonds. The van der Waals surface area contributed by atoms with Crippen molar-refractivity contribution in [2.75, 3.05) is 26.1 Å². The smallest absolute Gasteiger partial charge is 0.178 e. The maximum Gasteiger partial charge on any atom is 0.178 e. The van der Waals surface area contributed by atoms with Crippen molar-refractivity contribution in [2.24, 2.45) is 0 Å². The molecule has 0 saturated carbocycles. The number of rotatable bonds is 2. The first kappa shape index (κ1) is 12.1. The van der Waals surface area contributed by atoms with Crippen molar-refractivity contribution in [3.05, 3.63) is 29.3 Å². The van der Waals surface area contributed by atoms with Crippen LogP contribution in [-0.4, -0.2) is 34.5 Å². The van der Waals surface area contributed by atoms with Crippen LogP contribution in [0.5, 0.6) is 0 Å². The molecule has 1 aromatic rings. The lowest BCUT2D eigenvalue weighted by Crippen LogP contribution is -2.48. The standard InChI is InChI=1S/C13H16O4S/c1-16-13(8-17-9-13)11-4-5-12-10(7-11)3-2-6-18(12,14)15/h4-5,7H,2-3,6,8-9H2,1H3. The summed E-state index contributed by atoms with van der Waals surface area (Å²) in [6, 6.07) is 5.55. The molecule has 98 valence electrons. The predicted octanol–water partition coefficient (Wildman–Crippen LogP) is 1.28. The van der Waals surface area contributed by atoms with Crippen molar-refractivity contribution in [3.63, 3.8) is 0 Å². The molecule has 0 N–H and O–H groups in total. The van der Waals surface area contributed by atoms with Crippen LogP contribution in [0.15, 0.2) is 23.1 Å². The molecular weight excluding hydrogens is 252 g/mol. The first-order valence-electron chi connectivity index (χ1n) is 6.06. The molecule has 0 bridgehead atoms.